The predicted octanol–water partition coefficient (Wildman–Crippen LogP) is 4.67. The van der Waals surface area contributed by atoms with Crippen LogP contribution in [0.15, 0.2) is 71.1 Å². The molecule has 0 fully saturated rings. The molecule has 0 aliphatic carbocycles. The first-order valence-corrected chi connectivity index (χ1v) is 11.3. The monoisotopic (exact) mass is 479 g/mol. The van der Waals surface area contributed by atoms with Gasteiger partial charge in [-0.1, -0.05) is 12.1 Å². The number of esters is 2. The Labute approximate surface area is 204 Å². The Balaban J connectivity index is 2.28. The zero-order valence-corrected chi connectivity index (χ0v) is 20.5. The molecule has 184 valence electrons. The molecule has 1 aliphatic rings. The molecule has 0 unspecified atom stereocenters. The molecule has 35 heavy (non-hydrogen) atoms. The summed E-state index contributed by atoms with van der Waals surface area (Å²) in [6, 6.07) is 13.4. The van der Waals surface area contributed by atoms with Crippen LogP contribution in [0.3, 0.4) is 0 Å². The minimum atomic E-state index is -1.05. The summed E-state index contributed by atoms with van der Waals surface area (Å²) in [5.74, 6) is -2.23. The van der Waals surface area contributed by atoms with Crippen LogP contribution in [0.2, 0.25) is 0 Å². The lowest BCUT2D eigenvalue weighted by molar-refractivity contribution is -0.139. The highest BCUT2D eigenvalue weighted by Crippen LogP contribution is 2.44. The number of hydrogen-bond donors (Lipinski definition) is 1. The van der Waals surface area contributed by atoms with E-state index in [1.54, 1.807) is 76.1 Å². The smallest absolute Gasteiger partial charge is 0.336 e. The van der Waals surface area contributed by atoms with E-state index in [9.17, 15) is 19.5 Å². The third-order valence-corrected chi connectivity index (χ3v) is 5.84. The average molecular weight is 480 g/mol. The molecule has 8 nitrogen and oxygen atoms in total. The fourth-order valence-electron chi connectivity index (χ4n) is 4.27. The van der Waals surface area contributed by atoms with E-state index in [4.69, 9.17) is 14.2 Å². The quantitative estimate of drug-likeness (QED) is 0.545. The van der Waals surface area contributed by atoms with Crippen LogP contribution in [0.4, 0.5) is 5.69 Å². The SMILES string of the molecule is CCOC(=O)C1=C(C)N(c2ccc(C(=O)O)cc2)C(C)=C(C(=O)OCC)C1c1ccc(OC)cc1. The third-order valence-electron chi connectivity index (χ3n) is 5.84. The molecule has 0 atom stereocenters. The first-order valence-electron chi connectivity index (χ1n) is 11.3. The summed E-state index contributed by atoms with van der Waals surface area (Å²) in [5, 5.41) is 9.27. The molecular weight excluding hydrogens is 450 g/mol. The van der Waals surface area contributed by atoms with Gasteiger partial charge in [-0.05, 0) is 69.7 Å². The summed E-state index contributed by atoms with van der Waals surface area (Å²) in [5.41, 5.74) is 3.16. The molecular formula is C27H29NO7. The van der Waals surface area contributed by atoms with Crippen molar-refractivity contribution in [2.24, 2.45) is 0 Å². The molecule has 1 aliphatic heterocycles. The highest BCUT2D eigenvalue weighted by molar-refractivity contribution is 6.01. The van der Waals surface area contributed by atoms with Gasteiger partial charge >= 0.3 is 17.9 Å². The van der Waals surface area contributed by atoms with Crippen molar-refractivity contribution in [3.63, 3.8) is 0 Å². The summed E-state index contributed by atoms with van der Waals surface area (Å²) in [7, 11) is 1.56. The minimum absolute atomic E-state index is 0.126. The van der Waals surface area contributed by atoms with E-state index in [0.29, 0.717) is 39.5 Å². The summed E-state index contributed by atoms with van der Waals surface area (Å²) >= 11 is 0. The number of ether oxygens (including phenoxy) is 3. The number of aromatic carboxylic acids is 1. The van der Waals surface area contributed by atoms with Crippen molar-refractivity contribution in [3.8, 4) is 5.75 Å². The lowest BCUT2D eigenvalue weighted by Crippen LogP contribution is -2.35. The van der Waals surface area contributed by atoms with Gasteiger partial charge in [-0.3, -0.25) is 0 Å². The van der Waals surface area contributed by atoms with Crippen molar-refractivity contribution in [2.45, 2.75) is 33.6 Å². The van der Waals surface area contributed by atoms with E-state index in [-0.39, 0.29) is 18.8 Å². The van der Waals surface area contributed by atoms with Gasteiger partial charge < -0.3 is 24.2 Å². The van der Waals surface area contributed by atoms with Crippen LogP contribution in [0.5, 0.6) is 5.75 Å². The Morgan fingerprint density at radius 3 is 1.71 bits per heavy atom. The lowest BCUT2D eigenvalue weighted by atomic mass is 9.79. The standard InChI is InChI=1S/C27H29NO7/c1-6-34-26(31)22-16(3)28(20-12-8-19(9-13-20)25(29)30)17(4)23(27(32)35-7-2)24(22)18-10-14-21(33-5)15-11-18/h8-15,24H,6-7H2,1-5H3,(H,29,30). The van der Waals surface area contributed by atoms with E-state index in [1.807, 2.05) is 0 Å². The van der Waals surface area contributed by atoms with E-state index >= 15 is 0 Å². The Kier molecular flexibility index (Phi) is 7.96. The summed E-state index contributed by atoms with van der Waals surface area (Å²) in [4.78, 5) is 39.6. The van der Waals surface area contributed by atoms with Crippen LogP contribution < -0.4 is 9.64 Å². The molecule has 0 spiro atoms. The van der Waals surface area contributed by atoms with Crippen LogP contribution in [0.25, 0.3) is 0 Å². The van der Waals surface area contributed by atoms with Crippen LogP contribution in [-0.4, -0.2) is 43.3 Å². The van der Waals surface area contributed by atoms with E-state index < -0.39 is 23.8 Å². The molecule has 0 amide bonds. The van der Waals surface area contributed by atoms with Crippen LogP contribution >= 0.6 is 0 Å². The highest BCUT2D eigenvalue weighted by Gasteiger charge is 2.41. The number of benzene rings is 2. The molecule has 0 saturated heterocycles. The number of carbonyl (C=O) groups excluding carboxylic acids is 2. The fraction of sp³-hybridized carbons (Fsp3) is 0.296. The van der Waals surface area contributed by atoms with Crippen molar-refractivity contribution < 1.29 is 33.7 Å². The van der Waals surface area contributed by atoms with Gasteiger partial charge in [-0.15, -0.1) is 0 Å². The number of hydrogen-bond acceptors (Lipinski definition) is 7. The number of anilines is 1. The fourth-order valence-corrected chi connectivity index (χ4v) is 4.27. The summed E-state index contributed by atoms with van der Waals surface area (Å²) in [6.45, 7) is 7.31. The first-order chi connectivity index (χ1) is 16.7. The van der Waals surface area contributed by atoms with Crippen molar-refractivity contribution >= 4 is 23.6 Å². The summed E-state index contributed by atoms with van der Waals surface area (Å²) < 4.78 is 16.1. The molecule has 2 aromatic rings. The Morgan fingerprint density at radius 2 is 1.31 bits per heavy atom. The minimum Gasteiger partial charge on any atom is -0.497 e. The Hall–Kier alpha value is -4.07. The zero-order valence-electron chi connectivity index (χ0n) is 20.5. The normalized spacial score (nSPS) is 14.1. The molecule has 1 heterocycles. The number of allylic oxidation sites excluding steroid dienone is 2. The van der Waals surface area contributed by atoms with Crippen LogP contribution in [0, 0.1) is 0 Å². The topological polar surface area (TPSA) is 102 Å². The van der Waals surface area contributed by atoms with Gasteiger partial charge in [-0.25, -0.2) is 14.4 Å². The first kappa shape index (κ1) is 25.6. The molecule has 8 heteroatoms. The second kappa shape index (κ2) is 10.9. The van der Waals surface area contributed by atoms with Gasteiger partial charge in [-0.2, -0.15) is 0 Å². The third kappa shape index (κ3) is 5.06. The molecule has 0 radical (unpaired) electrons. The number of methoxy groups -OCH3 is 1. The maximum Gasteiger partial charge on any atom is 0.336 e. The second-order valence-corrected chi connectivity index (χ2v) is 7.83. The molecule has 3 rings (SSSR count). The van der Waals surface area contributed by atoms with Crippen molar-refractivity contribution in [3.05, 3.63) is 82.2 Å². The molecule has 0 aromatic heterocycles. The largest absolute Gasteiger partial charge is 0.497 e. The number of carbonyl (C=O) groups is 3. The molecule has 0 bridgehead atoms. The highest BCUT2D eigenvalue weighted by atomic mass is 16.5. The van der Waals surface area contributed by atoms with Crippen molar-refractivity contribution in [1.29, 1.82) is 0 Å². The van der Waals surface area contributed by atoms with Gasteiger partial charge in [0.05, 0.1) is 43.0 Å². The molecule has 0 saturated carbocycles. The van der Waals surface area contributed by atoms with Crippen LogP contribution in [-0.2, 0) is 19.1 Å². The van der Waals surface area contributed by atoms with Crippen molar-refractivity contribution in [2.75, 3.05) is 25.2 Å². The van der Waals surface area contributed by atoms with Gasteiger partial charge in [0.2, 0.25) is 0 Å². The number of carboxylic acids is 1. The average Bonchev–Trinajstić information content (AvgIpc) is 2.84. The maximum absolute atomic E-state index is 13.3. The van der Waals surface area contributed by atoms with E-state index in [0.717, 1.165) is 0 Å². The maximum atomic E-state index is 13.3. The lowest BCUT2D eigenvalue weighted by Gasteiger charge is -2.38. The predicted molar refractivity (Wildman–Crippen MR) is 130 cm³/mol. The molecule has 2 aromatic carbocycles. The Morgan fingerprint density at radius 1 is 0.829 bits per heavy atom. The van der Waals surface area contributed by atoms with Gasteiger partial charge in [0.25, 0.3) is 0 Å². The summed E-state index contributed by atoms with van der Waals surface area (Å²) in [6.07, 6.45) is 0. The van der Waals surface area contributed by atoms with E-state index in [2.05, 4.69) is 0 Å². The van der Waals surface area contributed by atoms with Crippen molar-refractivity contribution in [1.82, 2.24) is 0 Å². The van der Waals surface area contributed by atoms with Gasteiger partial charge in [0.1, 0.15) is 5.75 Å². The number of carboxylic acid groups (broad SMARTS) is 1. The zero-order chi connectivity index (χ0) is 25.7. The number of nitrogens with zero attached hydrogens (tertiary/aromatic N) is 1. The van der Waals surface area contributed by atoms with Gasteiger partial charge in [0, 0.05) is 17.1 Å². The number of rotatable bonds is 8. The second-order valence-electron chi connectivity index (χ2n) is 7.83. The molecule has 1 N–H and O–H groups in total. The Bertz CT molecular complexity index is 1140. The van der Waals surface area contributed by atoms with Gasteiger partial charge in [0.15, 0.2) is 0 Å². The van der Waals surface area contributed by atoms with Crippen LogP contribution in [0.1, 0.15) is 49.5 Å². The van der Waals surface area contributed by atoms with E-state index in [1.165, 1.54) is 12.1 Å².